The molecule has 0 spiro atoms. The Morgan fingerprint density at radius 1 is 1.46 bits per heavy atom. The molecule has 1 rings (SSSR count). The lowest BCUT2D eigenvalue weighted by Gasteiger charge is -2.26. The summed E-state index contributed by atoms with van der Waals surface area (Å²) in [6, 6.07) is 0. The smallest absolute Gasteiger partial charge is 0.304 e. The summed E-state index contributed by atoms with van der Waals surface area (Å²) in [6.07, 6.45) is -3.33. The van der Waals surface area contributed by atoms with Crippen molar-refractivity contribution in [3.63, 3.8) is 0 Å². The van der Waals surface area contributed by atoms with Crippen LogP contribution in [0.25, 0.3) is 0 Å². The van der Waals surface area contributed by atoms with E-state index >= 15 is 0 Å². The lowest BCUT2D eigenvalue weighted by Crippen LogP contribution is -2.48. The molecule has 0 aromatic carbocycles. The summed E-state index contributed by atoms with van der Waals surface area (Å²) in [6.45, 7) is 2.49. The molecule has 0 radical (unpaired) electrons. The van der Waals surface area contributed by atoms with Gasteiger partial charge in [-0.05, 0) is 26.9 Å². The summed E-state index contributed by atoms with van der Waals surface area (Å²) in [5.41, 5.74) is -0.371. The van der Waals surface area contributed by atoms with Crippen LogP contribution in [-0.4, -0.2) is 43.3 Å². The van der Waals surface area contributed by atoms with Crippen molar-refractivity contribution in [2.45, 2.75) is 25.1 Å². The fraction of sp³-hybridized carbons (Fsp3) is 1.00. The highest BCUT2D eigenvalue weighted by molar-refractivity contribution is 4.92. The van der Waals surface area contributed by atoms with E-state index in [9.17, 15) is 13.2 Å². The van der Waals surface area contributed by atoms with Crippen LogP contribution < -0.4 is 5.32 Å². The van der Waals surface area contributed by atoms with E-state index in [4.69, 9.17) is 0 Å². The molecule has 1 unspecified atom stereocenters. The minimum atomic E-state index is -4.11. The third-order valence-electron chi connectivity index (χ3n) is 2.38. The van der Waals surface area contributed by atoms with Crippen LogP contribution in [0.3, 0.4) is 0 Å². The second-order valence-electron chi connectivity index (χ2n) is 4.02. The molecule has 13 heavy (non-hydrogen) atoms. The van der Waals surface area contributed by atoms with Gasteiger partial charge >= 0.3 is 6.18 Å². The maximum absolute atomic E-state index is 11.9. The number of alkyl halides is 3. The Labute approximate surface area is 76.1 Å². The van der Waals surface area contributed by atoms with Gasteiger partial charge in [0.05, 0.1) is 6.54 Å². The van der Waals surface area contributed by atoms with Crippen LogP contribution in [0.15, 0.2) is 0 Å². The van der Waals surface area contributed by atoms with E-state index in [1.165, 1.54) is 0 Å². The average molecular weight is 196 g/mol. The molecule has 0 aliphatic carbocycles. The zero-order valence-corrected chi connectivity index (χ0v) is 7.91. The lowest BCUT2D eigenvalue weighted by atomic mass is 10.0. The first-order chi connectivity index (χ1) is 5.81. The first-order valence-electron chi connectivity index (χ1n) is 4.31. The Bertz CT molecular complexity index is 181. The number of hydrogen-bond acceptors (Lipinski definition) is 2. The van der Waals surface area contributed by atoms with Crippen LogP contribution >= 0.6 is 0 Å². The average Bonchev–Trinajstić information content (AvgIpc) is 2.27. The summed E-state index contributed by atoms with van der Waals surface area (Å²) in [7, 11) is 1.92. The Kier molecular flexibility index (Phi) is 2.87. The molecule has 0 bridgehead atoms. The monoisotopic (exact) mass is 196 g/mol. The highest BCUT2D eigenvalue weighted by Gasteiger charge is 2.36. The van der Waals surface area contributed by atoms with E-state index in [0.717, 1.165) is 13.0 Å². The van der Waals surface area contributed by atoms with E-state index in [0.29, 0.717) is 6.54 Å². The second-order valence-corrected chi connectivity index (χ2v) is 4.02. The second kappa shape index (κ2) is 3.46. The molecule has 1 heterocycles. The highest BCUT2D eigenvalue weighted by atomic mass is 19.4. The van der Waals surface area contributed by atoms with E-state index in [1.54, 1.807) is 0 Å². The SMILES string of the molecule is CN1CCC(C)(NCC(F)(F)F)C1. The molecule has 1 aliphatic heterocycles. The van der Waals surface area contributed by atoms with Crippen molar-refractivity contribution in [2.75, 3.05) is 26.7 Å². The Hall–Kier alpha value is -0.290. The van der Waals surface area contributed by atoms with Crippen molar-refractivity contribution in [1.29, 1.82) is 0 Å². The molecule has 0 aromatic rings. The van der Waals surface area contributed by atoms with Crippen molar-refractivity contribution in [3.8, 4) is 0 Å². The minimum Gasteiger partial charge on any atom is -0.304 e. The van der Waals surface area contributed by atoms with Crippen molar-refractivity contribution in [1.82, 2.24) is 10.2 Å². The molecule has 1 saturated heterocycles. The topological polar surface area (TPSA) is 15.3 Å². The molecule has 1 aliphatic rings. The van der Waals surface area contributed by atoms with E-state index < -0.39 is 12.7 Å². The van der Waals surface area contributed by atoms with Crippen molar-refractivity contribution in [3.05, 3.63) is 0 Å². The van der Waals surface area contributed by atoms with Crippen molar-refractivity contribution in [2.24, 2.45) is 0 Å². The number of nitrogens with zero attached hydrogens (tertiary/aromatic N) is 1. The number of halogens is 3. The molecule has 5 heteroatoms. The normalized spacial score (nSPS) is 31.2. The van der Waals surface area contributed by atoms with E-state index in [2.05, 4.69) is 5.32 Å². The summed E-state index contributed by atoms with van der Waals surface area (Å²) in [5.74, 6) is 0. The van der Waals surface area contributed by atoms with Crippen molar-refractivity contribution >= 4 is 0 Å². The molecule has 0 amide bonds. The van der Waals surface area contributed by atoms with Crippen molar-refractivity contribution < 1.29 is 13.2 Å². The number of nitrogens with one attached hydrogen (secondary N) is 1. The number of likely N-dealkylation sites (tertiary alicyclic amines) is 1. The minimum absolute atomic E-state index is 0.371. The van der Waals surface area contributed by atoms with Gasteiger partial charge in [-0.1, -0.05) is 0 Å². The first kappa shape index (κ1) is 10.8. The fourth-order valence-electron chi connectivity index (χ4n) is 1.65. The Balaban J connectivity index is 2.36. The fourth-order valence-corrected chi connectivity index (χ4v) is 1.65. The standard InChI is InChI=1S/C8H15F3N2/c1-7(3-4-13(2)6-7)12-5-8(9,10)11/h12H,3-6H2,1-2H3. The van der Waals surface area contributed by atoms with E-state index in [-0.39, 0.29) is 5.54 Å². The lowest BCUT2D eigenvalue weighted by molar-refractivity contribution is -0.128. The third-order valence-corrected chi connectivity index (χ3v) is 2.38. The van der Waals surface area contributed by atoms with Crippen LogP contribution in [-0.2, 0) is 0 Å². The molecule has 1 fully saturated rings. The molecular weight excluding hydrogens is 181 g/mol. The predicted molar refractivity (Wildman–Crippen MR) is 44.6 cm³/mol. The van der Waals surface area contributed by atoms with Crippen LogP contribution in [0.4, 0.5) is 13.2 Å². The summed E-state index contributed by atoms with van der Waals surface area (Å²) in [4.78, 5) is 2.03. The van der Waals surface area contributed by atoms with E-state index in [1.807, 2.05) is 18.9 Å². The summed E-state index contributed by atoms with van der Waals surface area (Å²) >= 11 is 0. The quantitative estimate of drug-likeness (QED) is 0.714. The molecular formula is C8H15F3N2. The number of hydrogen-bond donors (Lipinski definition) is 1. The van der Waals surface area contributed by atoms with Crippen LogP contribution in [0.1, 0.15) is 13.3 Å². The molecule has 0 aromatic heterocycles. The van der Waals surface area contributed by atoms with Gasteiger partial charge in [-0.3, -0.25) is 0 Å². The molecule has 1 atom stereocenters. The van der Waals surface area contributed by atoms with Gasteiger partial charge in [0.25, 0.3) is 0 Å². The molecule has 1 N–H and O–H groups in total. The maximum atomic E-state index is 11.9. The van der Waals surface area contributed by atoms with Gasteiger partial charge in [0.15, 0.2) is 0 Å². The largest absolute Gasteiger partial charge is 0.401 e. The molecule has 2 nitrogen and oxygen atoms in total. The Morgan fingerprint density at radius 3 is 2.46 bits per heavy atom. The number of likely N-dealkylation sites (N-methyl/N-ethyl adjacent to an activating group) is 1. The van der Waals surface area contributed by atoms with Gasteiger partial charge in [0.1, 0.15) is 0 Å². The van der Waals surface area contributed by atoms with Crippen LogP contribution in [0, 0.1) is 0 Å². The zero-order valence-electron chi connectivity index (χ0n) is 7.91. The number of rotatable bonds is 2. The maximum Gasteiger partial charge on any atom is 0.401 e. The van der Waals surface area contributed by atoms with Gasteiger partial charge < -0.3 is 10.2 Å². The zero-order chi connectivity index (χ0) is 10.1. The third kappa shape index (κ3) is 3.52. The summed E-state index contributed by atoms with van der Waals surface area (Å²) in [5, 5.41) is 2.56. The highest BCUT2D eigenvalue weighted by Crippen LogP contribution is 2.21. The van der Waals surface area contributed by atoms with Crippen LogP contribution in [0.5, 0.6) is 0 Å². The molecule has 78 valence electrons. The van der Waals surface area contributed by atoms with Gasteiger partial charge in [-0.2, -0.15) is 13.2 Å². The van der Waals surface area contributed by atoms with Gasteiger partial charge in [-0.25, -0.2) is 0 Å². The first-order valence-corrected chi connectivity index (χ1v) is 4.31. The van der Waals surface area contributed by atoms with Gasteiger partial charge in [0, 0.05) is 12.1 Å². The predicted octanol–water partition coefficient (Wildman–Crippen LogP) is 1.23. The molecule has 0 saturated carbocycles. The van der Waals surface area contributed by atoms with Gasteiger partial charge in [-0.15, -0.1) is 0 Å². The van der Waals surface area contributed by atoms with Gasteiger partial charge in [0.2, 0.25) is 0 Å². The summed E-state index contributed by atoms with van der Waals surface area (Å²) < 4.78 is 35.7. The Morgan fingerprint density at radius 2 is 2.08 bits per heavy atom. The van der Waals surface area contributed by atoms with Crippen LogP contribution in [0.2, 0.25) is 0 Å².